The minimum Gasteiger partial charge on any atom is -0.383 e. The molecule has 1 saturated heterocycles. The van der Waals surface area contributed by atoms with Gasteiger partial charge in [-0.05, 0) is 41.8 Å². The maximum absolute atomic E-state index is 12.2. The van der Waals surface area contributed by atoms with E-state index in [0.29, 0.717) is 11.1 Å². The zero-order valence-electron chi connectivity index (χ0n) is 10.5. The summed E-state index contributed by atoms with van der Waals surface area (Å²) in [5.74, 6) is -0.0202. The number of rotatable bonds is 4. The number of nitrogen functional groups attached to an aromatic ring is 1. The smallest absolute Gasteiger partial charge is 0.244 e. The first-order valence-corrected chi connectivity index (χ1v) is 8.15. The van der Waals surface area contributed by atoms with Gasteiger partial charge in [-0.1, -0.05) is 0 Å². The Labute approximate surface area is 120 Å². The minimum atomic E-state index is -3.69. The van der Waals surface area contributed by atoms with E-state index in [1.165, 1.54) is 12.3 Å². The van der Waals surface area contributed by atoms with Gasteiger partial charge in [0.25, 0.3) is 0 Å². The molecule has 106 valence electrons. The van der Waals surface area contributed by atoms with Crippen LogP contribution >= 0.6 is 15.9 Å². The van der Waals surface area contributed by atoms with Crippen molar-refractivity contribution in [1.29, 1.82) is 0 Å². The molecule has 1 aliphatic heterocycles. The predicted molar refractivity (Wildman–Crippen MR) is 75.1 cm³/mol. The molecular weight excluding hydrogens is 334 g/mol. The second kappa shape index (κ2) is 5.35. The highest BCUT2D eigenvalue weighted by Crippen LogP contribution is 2.25. The van der Waals surface area contributed by atoms with Crippen molar-refractivity contribution in [2.45, 2.75) is 30.3 Å². The van der Waals surface area contributed by atoms with Crippen LogP contribution in [-0.4, -0.2) is 32.2 Å². The first-order chi connectivity index (χ1) is 8.82. The molecule has 2 heterocycles. The van der Waals surface area contributed by atoms with E-state index >= 15 is 0 Å². The second-order valence-electron chi connectivity index (χ2n) is 4.76. The summed E-state index contributed by atoms with van der Waals surface area (Å²) in [6, 6.07) is 1.43. The van der Waals surface area contributed by atoms with Crippen LogP contribution in [0.25, 0.3) is 0 Å². The summed E-state index contributed by atoms with van der Waals surface area (Å²) >= 11 is 3.18. The number of sulfonamides is 1. The van der Waals surface area contributed by atoms with E-state index in [1.54, 1.807) is 0 Å². The van der Waals surface area contributed by atoms with Crippen LogP contribution in [0.5, 0.6) is 0 Å². The minimum absolute atomic E-state index is 0.0202. The molecule has 1 fully saturated rings. The van der Waals surface area contributed by atoms with Crippen LogP contribution in [0.1, 0.15) is 19.8 Å². The Kier molecular flexibility index (Phi) is 4.14. The molecule has 6 nitrogen and oxygen atoms in total. The van der Waals surface area contributed by atoms with E-state index in [0.717, 1.165) is 12.8 Å². The lowest BCUT2D eigenvalue weighted by Gasteiger charge is -2.23. The molecule has 0 aromatic carbocycles. The molecular formula is C11H16BrN3O3S. The molecule has 0 saturated carbocycles. The molecule has 1 aliphatic rings. The summed E-state index contributed by atoms with van der Waals surface area (Å²) < 4.78 is 33.0. The Balaban J connectivity index is 2.16. The quantitative estimate of drug-likeness (QED) is 0.853. The second-order valence-corrected chi connectivity index (χ2v) is 7.41. The fourth-order valence-electron chi connectivity index (χ4n) is 1.95. The Morgan fingerprint density at radius 1 is 1.63 bits per heavy atom. The van der Waals surface area contributed by atoms with Gasteiger partial charge in [-0.15, -0.1) is 0 Å². The van der Waals surface area contributed by atoms with E-state index in [4.69, 9.17) is 10.5 Å². The molecule has 0 bridgehead atoms. The first kappa shape index (κ1) is 14.7. The highest BCUT2D eigenvalue weighted by molar-refractivity contribution is 9.10. The SMILES string of the molecule is CC1(CNS(=O)(=O)c2cc(Br)cnc2N)CCCO1. The van der Waals surface area contributed by atoms with Gasteiger partial charge in [0.2, 0.25) is 10.0 Å². The van der Waals surface area contributed by atoms with E-state index in [2.05, 4.69) is 25.6 Å². The number of nitrogens with zero attached hydrogens (tertiary/aromatic N) is 1. The Bertz CT molecular complexity index is 571. The molecule has 2 rings (SSSR count). The van der Waals surface area contributed by atoms with Crippen LogP contribution in [0, 0.1) is 0 Å². The van der Waals surface area contributed by atoms with E-state index < -0.39 is 15.6 Å². The van der Waals surface area contributed by atoms with E-state index in [1.807, 2.05) is 6.92 Å². The standard InChI is InChI=1S/C11H16BrN3O3S/c1-11(3-2-4-18-11)7-15-19(16,17)9-5-8(12)6-14-10(9)13/h5-6,15H,2-4,7H2,1H3,(H2,13,14). The summed E-state index contributed by atoms with van der Waals surface area (Å²) in [7, 11) is -3.69. The number of nitrogens with two attached hydrogens (primary N) is 1. The molecule has 1 aromatic heterocycles. The zero-order chi connectivity index (χ0) is 14.1. The maximum Gasteiger partial charge on any atom is 0.244 e. The van der Waals surface area contributed by atoms with Gasteiger partial charge in [0.1, 0.15) is 10.7 Å². The molecule has 0 radical (unpaired) electrons. The lowest BCUT2D eigenvalue weighted by Crippen LogP contribution is -2.40. The number of aromatic nitrogens is 1. The van der Waals surface area contributed by atoms with Crippen molar-refractivity contribution >= 4 is 31.8 Å². The lowest BCUT2D eigenvalue weighted by atomic mass is 10.0. The van der Waals surface area contributed by atoms with Crippen LogP contribution < -0.4 is 10.5 Å². The molecule has 1 aromatic rings. The van der Waals surface area contributed by atoms with E-state index in [-0.39, 0.29) is 17.3 Å². The van der Waals surface area contributed by atoms with Crippen LogP contribution in [0.4, 0.5) is 5.82 Å². The molecule has 8 heteroatoms. The average molecular weight is 350 g/mol. The molecule has 1 atom stereocenters. The lowest BCUT2D eigenvalue weighted by molar-refractivity contribution is 0.0250. The van der Waals surface area contributed by atoms with Crippen molar-refractivity contribution in [1.82, 2.24) is 9.71 Å². The molecule has 1 unspecified atom stereocenters. The number of hydrogen-bond donors (Lipinski definition) is 2. The fourth-order valence-corrected chi connectivity index (χ4v) is 3.69. The van der Waals surface area contributed by atoms with Gasteiger partial charge in [0, 0.05) is 23.8 Å². The van der Waals surface area contributed by atoms with Gasteiger partial charge in [0.15, 0.2) is 0 Å². The monoisotopic (exact) mass is 349 g/mol. The van der Waals surface area contributed by atoms with Crippen molar-refractivity contribution in [2.75, 3.05) is 18.9 Å². The molecule has 0 spiro atoms. The molecule has 0 aliphatic carbocycles. The van der Waals surface area contributed by atoms with Crippen LogP contribution in [0.2, 0.25) is 0 Å². The average Bonchev–Trinajstić information content (AvgIpc) is 2.78. The van der Waals surface area contributed by atoms with Crippen molar-refractivity contribution < 1.29 is 13.2 Å². The van der Waals surface area contributed by atoms with E-state index in [9.17, 15) is 8.42 Å². The van der Waals surface area contributed by atoms with Gasteiger partial charge in [-0.25, -0.2) is 18.1 Å². The molecule has 19 heavy (non-hydrogen) atoms. The van der Waals surface area contributed by atoms with Gasteiger partial charge in [-0.3, -0.25) is 0 Å². The summed E-state index contributed by atoms with van der Waals surface area (Å²) in [4.78, 5) is 3.80. The van der Waals surface area contributed by atoms with Crippen molar-refractivity contribution in [3.8, 4) is 0 Å². The zero-order valence-corrected chi connectivity index (χ0v) is 12.9. The third-order valence-electron chi connectivity index (χ3n) is 3.07. The predicted octanol–water partition coefficient (Wildman–Crippen LogP) is 1.27. The fraction of sp³-hybridized carbons (Fsp3) is 0.545. The number of hydrogen-bond acceptors (Lipinski definition) is 5. The molecule has 3 N–H and O–H groups in total. The van der Waals surface area contributed by atoms with Crippen molar-refractivity contribution in [2.24, 2.45) is 0 Å². The van der Waals surface area contributed by atoms with Crippen LogP contribution in [0.3, 0.4) is 0 Å². The number of halogens is 1. The normalized spacial score (nSPS) is 23.7. The van der Waals surface area contributed by atoms with Crippen LogP contribution in [0.15, 0.2) is 21.6 Å². The number of ether oxygens (including phenoxy) is 1. The van der Waals surface area contributed by atoms with Gasteiger partial charge in [0.05, 0.1) is 5.60 Å². The topological polar surface area (TPSA) is 94.3 Å². The van der Waals surface area contributed by atoms with Gasteiger partial charge < -0.3 is 10.5 Å². The summed E-state index contributed by atoms with van der Waals surface area (Å²) in [5.41, 5.74) is 5.17. The summed E-state index contributed by atoms with van der Waals surface area (Å²) in [5, 5.41) is 0. The molecule has 0 amide bonds. The largest absolute Gasteiger partial charge is 0.383 e. The van der Waals surface area contributed by atoms with Gasteiger partial charge in [-0.2, -0.15) is 0 Å². The number of pyridine rings is 1. The van der Waals surface area contributed by atoms with Crippen LogP contribution in [-0.2, 0) is 14.8 Å². The maximum atomic E-state index is 12.2. The third kappa shape index (κ3) is 3.44. The summed E-state index contributed by atoms with van der Waals surface area (Å²) in [6.45, 7) is 2.78. The Morgan fingerprint density at radius 2 is 2.37 bits per heavy atom. The van der Waals surface area contributed by atoms with Gasteiger partial charge >= 0.3 is 0 Å². The number of anilines is 1. The number of nitrogens with one attached hydrogen (secondary N) is 1. The van der Waals surface area contributed by atoms with Crippen molar-refractivity contribution in [3.63, 3.8) is 0 Å². The highest BCUT2D eigenvalue weighted by atomic mass is 79.9. The first-order valence-electron chi connectivity index (χ1n) is 5.87. The Morgan fingerprint density at radius 3 is 3.00 bits per heavy atom. The summed E-state index contributed by atoms with van der Waals surface area (Å²) in [6.07, 6.45) is 3.23. The Hall–Kier alpha value is -0.700. The van der Waals surface area contributed by atoms with Crippen molar-refractivity contribution in [3.05, 3.63) is 16.7 Å². The highest BCUT2D eigenvalue weighted by Gasteiger charge is 2.32. The third-order valence-corrected chi connectivity index (χ3v) is 4.94.